The van der Waals surface area contributed by atoms with Gasteiger partial charge < -0.3 is 4.74 Å². The molecule has 1 saturated carbocycles. The van der Waals surface area contributed by atoms with E-state index in [0.717, 1.165) is 18.4 Å². The van der Waals surface area contributed by atoms with Gasteiger partial charge in [0.15, 0.2) is 0 Å². The highest BCUT2D eigenvalue weighted by molar-refractivity contribution is 8.00. The second-order valence-corrected chi connectivity index (χ2v) is 6.17. The van der Waals surface area contributed by atoms with Gasteiger partial charge >= 0.3 is 6.09 Å². The van der Waals surface area contributed by atoms with E-state index >= 15 is 0 Å². The maximum absolute atomic E-state index is 12.1. The van der Waals surface area contributed by atoms with Gasteiger partial charge in [-0.1, -0.05) is 30.3 Å². The summed E-state index contributed by atoms with van der Waals surface area (Å²) < 4.78 is 5.16. The number of hydrogen-bond acceptors (Lipinski definition) is 4. The van der Waals surface area contributed by atoms with Crippen molar-refractivity contribution in [3.05, 3.63) is 35.9 Å². The van der Waals surface area contributed by atoms with E-state index in [1.54, 1.807) is 18.8 Å². The Morgan fingerprint density at radius 1 is 1.50 bits per heavy atom. The first-order valence-electron chi connectivity index (χ1n) is 6.51. The van der Waals surface area contributed by atoms with Crippen LogP contribution in [0.1, 0.15) is 18.4 Å². The fourth-order valence-corrected chi connectivity index (χ4v) is 3.14. The molecule has 1 aliphatic rings. The molecule has 1 aromatic carbocycles. The van der Waals surface area contributed by atoms with Crippen molar-refractivity contribution >= 4 is 17.9 Å². The van der Waals surface area contributed by atoms with Crippen LogP contribution < -0.4 is 0 Å². The van der Waals surface area contributed by atoms with Gasteiger partial charge in [0.2, 0.25) is 0 Å². The molecule has 0 aromatic heterocycles. The zero-order valence-electron chi connectivity index (χ0n) is 11.7. The molecule has 0 spiro atoms. The molecule has 1 atom stereocenters. The second kappa shape index (κ2) is 6.19. The standard InChI is InChI=1S/C15H18N2O2S/c1-17(13(10-16)15(20-2)8-9-15)14(18)19-11-12-6-4-3-5-7-12/h3-7,13H,8-9,11H2,1-2H3. The summed E-state index contributed by atoms with van der Waals surface area (Å²) in [4.78, 5) is 13.5. The first-order valence-corrected chi connectivity index (χ1v) is 7.74. The minimum atomic E-state index is -0.444. The molecule has 0 aliphatic heterocycles. The maximum Gasteiger partial charge on any atom is 0.410 e. The van der Waals surface area contributed by atoms with E-state index in [9.17, 15) is 10.1 Å². The van der Waals surface area contributed by atoms with Crippen molar-refractivity contribution in [1.82, 2.24) is 4.90 Å². The number of thioether (sulfide) groups is 1. The average molecular weight is 290 g/mol. The highest BCUT2D eigenvalue weighted by atomic mass is 32.2. The molecule has 0 radical (unpaired) electrons. The van der Waals surface area contributed by atoms with Crippen LogP contribution in [-0.2, 0) is 11.3 Å². The topological polar surface area (TPSA) is 53.3 Å². The summed E-state index contributed by atoms with van der Waals surface area (Å²) in [5, 5.41) is 9.32. The average Bonchev–Trinajstić information content (AvgIpc) is 3.27. The Morgan fingerprint density at radius 2 is 2.15 bits per heavy atom. The molecular weight excluding hydrogens is 272 g/mol. The minimum Gasteiger partial charge on any atom is -0.445 e. The summed E-state index contributed by atoms with van der Waals surface area (Å²) in [6.07, 6.45) is 3.49. The van der Waals surface area contributed by atoms with Gasteiger partial charge in [-0.25, -0.2) is 4.79 Å². The lowest BCUT2D eigenvalue weighted by Gasteiger charge is -2.28. The van der Waals surface area contributed by atoms with Crippen molar-refractivity contribution in [3.63, 3.8) is 0 Å². The fourth-order valence-electron chi connectivity index (χ4n) is 2.20. The number of benzene rings is 1. The fraction of sp³-hybridized carbons (Fsp3) is 0.467. The lowest BCUT2D eigenvalue weighted by molar-refractivity contribution is 0.0967. The van der Waals surface area contributed by atoms with Crippen LogP contribution in [0.3, 0.4) is 0 Å². The Bertz CT molecular complexity index is 508. The third kappa shape index (κ3) is 3.07. The number of rotatable bonds is 5. The molecule has 0 saturated heterocycles. The number of carbonyl (C=O) groups is 1. The lowest BCUT2D eigenvalue weighted by Crippen LogP contribution is -2.44. The summed E-state index contributed by atoms with van der Waals surface area (Å²) in [6.45, 7) is 0.231. The van der Waals surface area contributed by atoms with Gasteiger partial charge in [-0.2, -0.15) is 17.0 Å². The van der Waals surface area contributed by atoms with E-state index < -0.39 is 12.1 Å². The number of nitriles is 1. The van der Waals surface area contributed by atoms with E-state index in [4.69, 9.17) is 4.74 Å². The van der Waals surface area contributed by atoms with E-state index in [1.807, 2.05) is 36.6 Å². The first-order chi connectivity index (χ1) is 9.63. The van der Waals surface area contributed by atoms with Gasteiger partial charge in [0.05, 0.1) is 6.07 Å². The molecule has 106 valence electrons. The number of carbonyl (C=O) groups excluding carboxylic acids is 1. The van der Waals surface area contributed by atoms with Gasteiger partial charge in [0.1, 0.15) is 12.6 Å². The normalized spacial score (nSPS) is 16.9. The van der Waals surface area contributed by atoms with Crippen molar-refractivity contribution < 1.29 is 9.53 Å². The summed E-state index contributed by atoms with van der Waals surface area (Å²) >= 11 is 1.66. The van der Waals surface area contributed by atoms with Gasteiger partial charge in [-0.05, 0) is 24.7 Å². The van der Waals surface area contributed by atoms with E-state index in [2.05, 4.69) is 6.07 Å². The van der Waals surface area contributed by atoms with E-state index in [0.29, 0.717) is 0 Å². The SMILES string of the molecule is CSC1(C(C#N)N(C)C(=O)OCc2ccccc2)CC1. The molecule has 2 rings (SSSR count). The molecule has 20 heavy (non-hydrogen) atoms. The van der Waals surface area contributed by atoms with Crippen LogP contribution in [0.4, 0.5) is 4.79 Å². The largest absolute Gasteiger partial charge is 0.445 e. The third-order valence-corrected chi connectivity index (χ3v) is 5.09. The van der Waals surface area contributed by atoms with Gasteiger partial charge in [-0.15, -0.1) is 0 Å². The number of hydrogen-bond donors (Lipinski definition) is 0. The first kappa shape index (κ1) is 14.7. The summed E-state index contributed by atoms with van der Waals surface area (Å²) in [7, 11) is 1.64. The number of amides is 1. The maximum atomic E-state index is 12.1. The smallest absolute Gasteiger partial charge is 0.410 e. The summed E-state index contributed by atoms with van der Waals surface area (Å²) in [5.74, 6) is 0. The minimum absolute atomic E-state index is 0.102. The molecule has 5 heteroatoms. The van der Waals surface area contributed by atoms with Crippen LogP contribution in [-0.4, -0.2) is 35.1 Å². The van der Waals surface area contributed by atoms with Gasteiger partial charge in [0.25, 0.3) is 0 Å². The zero-order valence-corrected chi connectivity index (χ0v) is 12.5. The van der Waals surface area contributed by atoms with Crippen molar-refractivity contribution in [1.29, 1.82) is 5.26 Å². The molecule has 0 bridgehead atoms. The molecule has 1 unspecified atom stereocenters. The van der Waals surface area contributed by atoms with E-state index in [-0.39, 0.29) is 11.4 Å². The quantitative estimate of drug-likeness (QED) is 0.836. The summed E-state index contributed by atoms with van der Waals surface area (Å²) in [5.41, 5.74) is 0.939. The lowest BCUT2D eigenvalue weighted by atomic mass is 10.2. The van der Waals surface area contributed by atoms with Gasteiger partial charge in [0, 0.05) is 11.8 Å². The highest BCUT2D eigenvalue weighted by Gasteiger charge is 2.52. The molecule has 1 aromatic rings. The number of nitrogens with zero attached hydrogens (tertiary/aromatic N) is 2. The van der Waals surface area contributed by atoms with Crippen molar-refractivity contribution in [2.45, 2.75) is 30.2 Å². The number of ether oxygens (including phenoxy) is 1. The molecular formula is C15H18N2O2S. The second-order valence-electron chi connectivity index (χ2n) is 4.95. The predicted octanol–water partition coefficient (Wildman–Crippen LogP) is 3.04. The molecule has 0 N–H and O–H groups in total. The Hall–Kier alpha value is -1.67. The van der Waals surface area contributed by atoms with Crippen LogP contribution in [0.2, 0.25) is 0 Å². The molecule has 4 nitrogen and oxygen atoms in total. The summed E-state index contributed by atoms with van der Waals surface area (Å²) in [6, 6.07) is 11.3. The van der Waals surface area contributed by atoms with Crippen molar-refractivity contribution in [2.75, 3.05) is 13.3 Å². The molecule has 0 heterocycles. The molecule has 1 amide bonds. The van der Waals surface area contributed by atoms with Crippen molar-refractivity contribution in [2.24, 2.45) is 0 Å². The van der Waals surface area contributed by atoms with Crippen LogP contribution in [0.15, 0.2) is 30.3 Å². The third-order valence-electron chi connectivity index (χ3n) is 3.65. The molecule has 1 fully saturated rings. The highest BCUT2D eigenvalue weighted by Crippen LogP contribution is 2.51. The Kier molecular flexibility index (Phi) is 4.56. The van der Waals surface area contributed by atoms with Crippen LogP contribution >= 0.6 is 11.8 Å². The Balaban J connectivity index is 1.93. The Morgan fingerprint density at radius 3 is 2.65 bits per heavy atom. The van der Waals surface area contributed by atoms with Crippen LogP contribution in [0.5, 0.6) is 0 Å². The van der Waals surface area contributed by atoms with Crippen LogP contribution in [0.25, 0.3) is 0 Å². The van der Waals surface area contributed by atoms with Crippen molar-refractivity contribution in [3.8, 4) is 6.07 Å². The van der Waals surface area contributed by atoms with Crippen LogP contribution in [0, 0.1) is 11.3 Å². The Labute approximate surface area is 123 Å². The predicted molar refractivity (Wildman–Crippen MR) is 79.3 cm³/mol. The van der Waals surface area contributed by atoms with Gasteiger partial charge in [-0.3, -0.25) is 4.90 Å². The zero-order chi connectivity index (χ0) is 14.6. The monoisotopic (exact) mass is 290 g/mol. The van der Waals surface area contributed by atoms with E-state index in [1.165, 1.54) is 4.90 Å². The molecule has 1 aliphatic carbocycles.